The van der Waals surface area contributed by atoms with Crippen LogP contribution in [0.3, 0.4) is 0 Å². The monoisotopic (exact) mass is 285 g/mol. The van der Waals surface area contributed by atoms with Gasteiger partial charge in [-0.3, -0.25) is 4.79 Å². The number of aromatic carboxylic acids is 1. The van der Waals surface area contributed by atoms with Crippen LogP contribution in [0.4, 0.5) is 5.69 Å². The van der Waals surface area contributed by atoms with Gasteiger partial charge < -0.3 is 14.7 Å². The van der Waals surface area contributed by atoms with Gasteiger partial charge in [0.1, 0.15) is 5.75 Å². The Morgan fingerprint density at radius 3 is 2.24 bits per heavy atom. The summed E-state index contributed by atoms with van der Waals surface area (Å²) in [6.45, 7) is 0. The lowest BCUT2D eigenvalue weighted by molar-refractivity contribution is 0.0696. The van der Waals surface area contributed by atoms with Crippen LogP contribution in [0.2, 0.25) is 0 Å². The number of nitrogens with zero attached hydrogens (tertiary/aromatic N) is 1. The molecule has 0 atom stereocenters. The first-order valence-electron chi connectivity index (χ1n) is 6.28. The van der Waals surface area contributed by atoms with Crippen molar-refractivity contribution >= 4 is 17.6 Å². The van der Waals surface area contributed by atoms with E-state index in [4.69, 9.17) is 9.84 Å². The normalized spacial score (nSPS) is 10.0. The maximum atomic E-state index is 12.4. The number of carboxylic acid groups (broad SMARTS) is 1. The predicted molar refractivity (Wildman–Crippen MR) is 79.1 cm³/mol. The van der Waals surface area contributed by atoms with Crippen LogP contribution >= 0.6 is 0 Å². The van der Waals surface area contributed by atoms with Gasteiger partial charge in [-0.1, -0.05) is 6.07 Å². The lowest BCUT2D eigenvalue weighted by Crippen LogP contribution is -2.26. The molecular formula is C16H15NO4. The summed E-state index contributed by atoms with van der Waals surface area (Å²) in [5, 5.41) is 8.85. The Hall–Kier alpha value is -2.82. The molecule has 0 aromatic heterocycles. The second kappa shape index (κ2) is 6.09. The van der Waals surface area contributed by atoms with Crippen molar-refractivity contribution in [2.45, 2.75) is 0 Å². The molecule has 0 saturated heterocycles. The van der Waals surface area contributed by atoms with E-state index < -0.39 is 5.97 Å². The van der Waals surface area contributed by atoms with Gasteiger partial charge in [0.05, 0.1) is 12.7 Å². The molecule has 0 aliphatic rings. The zero-order valence-electron chi connectivity index (χ0n) is 11.7. The third kappa shape index (κ3) is 3.20. The van der Waals surface area contributed by atoms with Crippen molar-refractivity contribution < 1.29 is 19.4 Å². The summed E-state index contributed by atoms with van der Waals surface area (Å²) in [4.78, 5) is 24.6. The highest BCUT2D eigenvalue weighted by Gasteiger charge is 2.14. The molecule has 21 heavy (non-hydrogen) atoms. The van der Waals surface area contributed by atoms with Crippen molar-refractivity contribution in [2.24, 2.45) is 0 Å². The zero-order chi connectivity index (χ0) is 15.4. The molecule has 5 heteroatoms. The number of ether oxygens (including phenoxy) is 1. The first kappa shape index (κ1) is 14.6. The number of benzene rings is 2. The summed E-state index contributed by atoms with van der Waals surface area (Å²) in [5.41, 5.74) is 1.27. The largest absolute Gasteiger partial charge is 0.497 e. The van der Waals surface area contributed by atoms with Gasteiger partial charge in [0.15, 0.2) is 0 Å². The number of carbonyl (C=O) groups excluding carboxylic acids is 1. The van der Waals surface area contributed by atoms with Gasteiger partial charge in [-0.05, 0) is 36.4 Å². The third-order valence-corrected chi connectivity index (χ3v) is 3.12. The van der Waals surface area contributed by atoms with E-state index in [-0.39, 0.29) is 11.5 Å². The highest BCUT2D eigenvalue weighted by molar-refractivity contribution is 6.06. The number of anilines is 1. The number of amides is 1. The van der Waals surface area contributed by atoms with E-state index in [1.807, 2.05) is 0 Å². The van der Waals surface area contributed by atoms with Crippen LogP contribution in [-0.2, 0) is 0 Å². The van der Waals surface area contributed by atoms with Gasteiger partial charge in [0.25, 0.3) is 5.91 Å². The molecule has 0 saturated carbocycles. The molecule has 0 aliphatic carbocycles. The molecule has 0 unspecified atom stereocenters. The van der Waals surface area contributed by atoms with E-state index in [0.29, 0.717) is 17.0 Å². The second-order valence-corrected chi connectivity index (χ2v) is 4.45. The molecule has 108 valence electrons. The fourth-order valence-corrected chi connectivity index (χ4v) is 1.89. The average Bonchev–Trinajstić information content (AvgIpc) is 2.53. The summed E-state index contributed by atoms with van der Waals surface area (Å²) >= 11 is 0. The van der Waals surface area contributed by atoms with Crippen LogP contribution in [0, 0.1) is 0 Å². The van der Waals surface area contributed by atoms with Gasteiger partial charge >= 0.3 is 5.97 Å². The van der Waals surface area contributed by atoms with Crippen molar-refractivity contribution in [1.29, 1.82) is 0 Å². The highest BCUT2D eigenvalue weighted by Crippen LogP contribution is 2.21. The minimum absolute atomic E-state index is 0.149. The van der Waals surface area contributed by atoms with Gasteiger partial charge in [0, 0.05) is 24.4 Å². The summed E-state index contributed by atoms with van der Waals surface area (Å²) in [5.74, 6) is -0.580. The topological polar surface area (TPSA) is 66.8 Å². The Morgan fingerprint density at radius 2 is 1.67 bits per heavy atom. The number of hydrogen-bond donors (Lipinski definition) is 1. The van der Waals surface area contributed by atoms with E-state index in [2.05, 4.69) is 0 Å². The van der Waals surface area contributed by atoms with Crippen molar-refractivity contribution in [1.82, 2.24) is 0 Å². The van der Waals surface area contributed by atoms with E-state index in [1.54, 1.807) is 38.4 Å². The molecule has 2 rings (SSSR count). The number of rotatable bonds is 4. The standard InChI is InChI=1S/C16H15NO4/c1-17(13-4-3-5-14(10-13)21-2)15(18)11-6-8-12(9-7-11)16(19)20/h3-10H,1-2H3,(H,19,20). The van der Waals surface area contributed by atoms with Crippen LogP contribution in [-0.4, -0.2) is 31.1 Å². The Bertz CT molecular complexity index is 664. The first-order valence-corrected chi connectivity index (χ1v) is 6.28. The Balaban J connectivity index is 2.23. The zero-order valence-corrected chi connectivity index (χ0v) is 11.7. The quantitative estimate of drug-likeness (QED) is 0.937. The van der Waals surface area contributed by atoms with Crippen molar-refractivity contribution in [2.75, 3.05) is 19.1 Å². The lowest BCUT2D eigenvalue weighted by Gasteiger charge is -2.18. The van der Waals surface area contributed by atoms with E-state index in [9.17, 15) is 9.59 Å². The van der Waals surface area contributed by atoms with Crippen molar-refractivity contribution in [3.8, 4) is 5.75 Å². The van der Waals surface area contributed by atoms with E-state index in [0.717, 1.165) is 0 Å². The van der Waals surface area contributed by atoms with Crippen LogP contribution < -0.4 is 9.64 Å². The summed E-state index contributed by atoms with van der Waals surface area (Å²) < 4.78 is 5.13. The highest BCUT2D eigenvalue weighted by atomic mass is 16.5. The summed E-state index contributed by atoms with van der Waals surface area (Å²) in [6, 6.07) is 13.0. The Kier molecular flexibility index (Phi) is 4.23. The van der Waals surface area contributed by atoms with Crippen LogP contribution in [0.15, 0.2) is 48.5 Å². The minimum atomic E-state index is -1.02. The molecule has 0 fully saturated rings. The van der Waals surface area contributed by atoms with Crippen molar-refractivity contribution in [3.05, 3.63) is 59.7 Å². The first-order chi connectivity index (χ1) is 10.0. The predicted octanol–water partition coefficient (Wildman–Crippen LogP) is 2.67. The maximum Gasteiger partial charge on any atom is 0.335 e. The van der Waals surface area contributed by atoms with Gasteiger partial charge in [-0.25, -0.2) is 4.79 Å². The van der Waals surface area contributed by atoms with Crippen LogP contribution in [0.5, 0.6) is 5.75 Å². The van der Waals surface area contributed by atoms with Gasteiger partial charge in [-0.15, -0.1) is 0 Å². The Labute approximate surface area is 122 Å². The lowest BCUT2D eigenvalue weighted by atomic mass is 10.1. The molecule has 2 aromatic rings. The molecule has 0 bridgehead atoms. The van der Waals surface area contributed by atoms with Gasteiger partial charge in [0.2, 0.25) is 0 Å². The number of carbonyl (C=O) groups is 2. The molecule has 1 amide bonds. The Morgan fingerprint density at radius 1 is 1.05 bits per heavy atom. The van der Waals surface area contributed by atoms with E-state index in [1.165, 1.54) is 29.2 Å². The molecule has 2 aromatic carbocycles. The van der Waals surface area contributed by atoms with Crippen LogP contribution in [0.1, 0.15) is 20.7 Å². The fourth-order valence-electron chi connectivity index (χ4n) is 1.89. The molecule has 0 radical (unpaired) electrons. The average molecular weight is 285 g/mol. The molecule has 0 aliphatic heterocycles. The minimum Gasteiger partial charge on any atom is -0.497 e. The van der Waals surface area contributed by atoms with Crippen molar-refractivity contribution in [3.63, 3.8) is 0 Å². The summed E-state index contributed by atoms with van der Waals surface area (Å²) in [7, 11) is 3.22. The number of methoxy groups -OCH3 is 1. The molecule has 5 nitrogen and oxygen atoms in total. The van der Waals surface area contributed by atoms with Gasteiger partial charge in [-0.2, -0.15) is 0 Å². The SMILES string of the molecule is COc1cccc(N(C)C(=O)c2ccc(C(=O)O)cc2)c1. The molecule has 1 N–H and O–H groups in total. The molecule has 0 heterocycles. The van der Waals surface area contributed by atoms with Crippen LogP contribution in [0.25, 0.3) is 0 Å². The maximum absolute atomic E-state index is 12.4. The molecule has 0 spiro atoms. The van der Waals surface area contributed by atoms with E-state index >= 15 is 0 Å². The summed E-state index contributed by atoms with van der Waals surface area (Å²) in [6.07, 6.45) is 0. The number of hydrogen-bond acceptors (Lipinski definition) is 3. The number of carboxylic acids is 1. The second-order valence-electron chi connectivity index (χ2n) is 4.45. The smallest absolute Gasteiger partial charge is 0.335 e. The fraction of sp³-hybridized carbons (Fsp3) is 0.125. The molecular weight excluding hydrogens is 270 g/mol. The third-order valence-electron chi connectivity index (χ3n) is 3.12.